The monoisotopic (exact) mass is 368 g/mol. The highest BCUT2D eigenvalue weighted by molar-refractivity contribution is 9.10. The zero-order valence-corrected chi connectivity index (χ0v) is 14.2. The Kier molecular flexibility index (Phi) is 4.26. The molecule has 1 aliphatic carbocycles. The Balaban J connectivity index is 1.95. The highest BCUT2D eigenvalue weighted by Gasteiger charge is 2.29. The second-order valence-electron chi connectivity index (χ2n) is 5.64. The summed E-state index contributed by atoms with van der Waals surface area (Å²) in [5, 5.41) is 9.70. The van der Waals surface area contributed by atoms with E-state index in [0.29, 0.717) is 5.92 Å². The van der Waals surface area contributed by atoms with Crippen molar-refractivity contribution < 1.29 is 9.90 Å². The lowest BCUT2D eigenvalue weighted by atomic mass is 10.1. The van der Waals surface area contributed by atoms with Gasteiger partial charge in [0.05, 0.1) is 16.8 Å². The van der Waals surface area contributed by atoms with Gasteiger partial charge in [-0.15, -0.1) is 0 Å². The minimum Gasteiger partial charge on any atom is -0.481 e. The van der Waals surface area contributed by atoms with Crippen molar-refractivity contribution >= 4 is 44.7 Å². The number of fused-ring (bicyclic) bond motifs is 1. The number of imidazole rings is 1. The molecule has 1 aromatic carbocycles. The van der Waals surface area contributed by atoms with Crippen LogP contribution >= 0.6 is 27.7 Å². The lowest BCUT2D eigenvalue weighted by Gasteiger charge is -2.14. The Morgan fingerprint density at radius 1 is 1.57 bits per heavy atom. The number of hydrogen-bond donors (Lipinski definition) is 1. The third kappa shape index (κ3) is 3.43. The highest BCUT2D eigenvalue weighted by Crippen LogP contribution is 2.38. The number of aliphatic carboxylic acids is 1. The second-order valence-corrected chi connectivity index (χ2v) is 7.49. The number of benzene rings is 1. The molecule has 4 nitrogen and oxygen atoms in total. The molecule has 0 spiro atoms. The molecule has 0 radical (unpaired) electrons. The Morgan fingerprint density at radius 2 is 2.33 bits per heavy atom. The Morgan fingerprint density at radius 3 is 3.00 bits per heavy atom. The van der Waals surface area contributed by atoms with Crippen LogP contribution in [0.1, 0.15) is 19.8 Å². The van der Waals surface area contributed by atoms with E-state index in [1.807, 2.05) is 12.1 Å². The molecule has 0 amide bonds. The summed E-state index contributed by atoms with van der Waals surface area (Å²) in [6.07, 6.45) is 2.63. The summed E-state index contributed by atoms with van der Waals surface area (Å²) >= 11 is 4.76. The average molecular weight is 369 g/mol. The quantitative estimate of drug-likeness (QED) is 0.782. The third-order valence-electron chi connectivity index (χ3n) is 3.90. The molecule has 1 saturated carbocycles. The molecule has 112 valence electrons. The number of hydrogen-bond acceptors (Lipinski definition) is 3. The third-order valence-corrected chi connectivity index (χ3v) is 5.35. The van der Waals surface area contributed by atoms with Gasteiger partial charge in [0.15, 0.2) is 5.16 Å². The lowest BCUT2D eigenvalue weighted by molar-refractivity contribution is -0.133. The smallest absolute Gasteiger partial charge is 0.313 e. The van der Waals surface area contributed by atoms with Gasteiger partial charge in [0, 0.05) is 11.0 Å². The van der Waals surface area contributed by atoms with E-state index >= 15 is 0 Å². The van der Waals surface area contributed by atoms with Crippen LogP contribution in [0.15, 0.2) is 27.8 Å². The number of rotatable bonds is 6. The fourth-order valence-corrected chi connectivity index (χ4v) is 3.69. The SMILES string of the molecule is CC(Cn1c(SCC(=O)O)nc2cc(Br)ccc21)C1CC1. The van der Waals surface area contributed by atoms with Gasteiger partial charge in [0.1, 0.15) is 0 Å². The number of carbonyl (C=O) groups is 1. The van der Waals surface area contributed by atoms with Gasteiger partial charge in [-0.05, 0) is 42.9 Å². The minimum absolute atomic E-state index is 0.0439. The number of nitrogens with zero attached hydrogens (tertiary/aromatic N) is 2. The van der Waals surface area contributed by atoms with Crippen molar-refractivity contribution in [1.82, 2.24) is 9.55 Å². The molecule has 1 aromatic heterocycles. The molecule has 0 aliphatic heterocycles. The fourth-order valence-electron chi connectivity index (χ4n) is 2.60. The van der Waals surface area contributed by atoms with E-state index in [2.05, 4.69) is 38.5 Å². The van der Waals surface area contributed by atoms with Gasteiger partial charge in [0.2, 0.25) is 0 Å². The van der Waals surface area contributed by atoms with Crippen LogP contribution in [0.25, 0.3) is 11.0 Å². The van der Waals surface area contributed by atoms with Crippen LogP contribution in [-0.2, 0) is 11.3 Å². The van der Waals surface area contributed by atoms with Gasteiger partial charge in [0.25, 0.3) is 0 Å². The first-order chi connectivity index (χ1) is 10.0. The van der Waals surface area contributed by atoms with E-state index in [4.69, 9.17) is 5.11 Å². The topological polar surface area (TPSA) is 55.1 Å². The van der Waals surface area contributed by atoms with Crippen LogP contribution in [0.5, 0.6) is 0 Å². The largest absolute Gasteiger partial charge is 0.481 e. The number of carboxylic acids is 1. The summed E-state index contributed by atoms with van der Waals surface area (Å²) in [5.74, 6) is 0.656. The first-order valence-electron chi connectivity index (χ1n) is 7.05. The highest BCUT2D eigenvalue weighted by atomic mass is 79.9. The van der Waals surface area contributed by atoms with Crippen molar-refractivity contribution in [2.45, 2.75) is 31.5 Å². The van der Waals surface area contributed by atoms with Crippen molar-refractivity contribution in [1.29, 1.82) is 0 Å². The van der Waals surface area contributed by atoms with Crippen LogP contribution in [0.2, 0.25) is 0 Å². The van der Waals surface area contributed by atoms with Gasteiger partial charge in [-0.25, -0.2) is 4.98 Å². The van der Waals surface area contributed by atoms with Crippen molar-refractivity contribution in [2.24, 2.45) is 11.8 Å². The summed E-state index contributed by atoms with van der Waals surface area (Å²) in [6.45, 7) is 3.18. The molecular weight excluding hydrogens is 352 g/mol. The average Bonchev–Trinajstić information content (AvgIpc) is 3.21. The first-order valence-corrected chi connectivity index (χ1v) is 8.83. The summed E-state index contributed by atoms with van der Waals surface area (Å²) in [7, 11) is 0. The molecule has 21 heavy (non-hydrogen) atoms. The zero-order chi connectivity index (χ0) is 15.0. The van der Waals surface area contributed by atoms with Crippen molar-refractivity contribution in [2.75, 3.05) is 5.75 Å². The van der Waals surface area contributed by atoms with Crippen LogP contribution in [0, 0.1) is 11.8 Å². The maximum Gasteiger partial charge on any atom is 0.313 e. The van der Waals surface area contributed by atoms with Crippen LogP contribution in [-0.4, -0.2) is 26.4 Å². The second kappa shape index (κ2) is 6.01. The zero-order valence-electron chi connectivity index (χ0n) is 11.8. The van der Waals surface area contributed by atoms with Gasteiger partial charge in [-0.1, -0.05) is 34.6 Å². The summed E-state index contributed by atoms with van der Waals surface area (Å²) in [4.78, 5) is 15.4. The normalized spacial score (nSPS) is 16.3. The molecule has 0 bridgehead atoms. The minimum atomic E-state index is -0.810. The maximum absolute atomic E-state index is 10.8. The van der Waals surface area contributed by atoms with Crippen molar-refractivity contribution in [3.8, 4) is 0 Å². The van der Waals surface area contributed by atoms with Gasteiger partial charge >= 0.3 is 5.97 Å². The standard InChI is InChI=1S/C15H17BrN2O2S/c1-9(10-2-3-10)7-18-13-5-4-11(16)6-12(13)17-15(18)21-8-14(19)20/h4-6,9-10H,2-3,7-8H2,1H3,(H,19,20). The number of carboxylic acid groups (broad SMARTS) is 1. The van der Waals surface area contributed by atoms with E-state index in [1.54, 1.807) is 0 Å². The summed E-state index contributed by atoms with van der Waals surface area (Å²) in [6, 6.07) is 6.04. The number of halogens is 1. The molecule has 1 atom stereocenters. The van der Waals surface area contributed by atoms with Crippen LogP contribution < -0.4 is 0 Å². The molecule has 1 aliphatic rings. The molecule has 3 rings (SSSR count). The van der Waals surface area contributed by atoms with Crippen LogP contribution in [0.4, 0.5) is 0 Å². The molecule has 1 heterocycles. The van der Waals surface area contributed by atoms with E-state index in [-0.39, 0.29) is 5.75 Å². The molecular formula is C15H17BrN2O2S. The molecule has 1 N–H and O–H groups in total. The predicted octanol–water partition coefficient (Wildman–Crippen LogP) is 4.02. The van der Waals surface area contributed by atoms with Gasteiger partial charge < -0.3 is 9.67 Å². The summed E-state index contributed by atoms with van der Waals surface area (Å²) < 4.78 is 3.17. The van der Waals surface area contributed by atoms with E-state index in [1.165, 1.54) is 24.6 Å². The number of thioether (sulfide) groups is 1. The molecule has 1 fully saturated rings. The Hall–Kier alpha value is -1.01. The van der Waals surface area contributed by atoms with E-state index in [9.17, 15) is 4.79 Å². The maximum atomic E-state index is 10.8. The van der Waals surface area contributed by atoms with E-state index in [0.717, 1.165) is 33.1 Å². The molecule has 0 saturated heterocycles. The number of aromatic nitrogens is 2. The Labute approximate surface area is 136 Å². The van der Waals surface area contributed by atoms with Gasteiger partial charge in [-0.2, -0.15) is 0 Å². The van der Waals surface area contributed by atoms with Crippen molar-refractivity contribution in [3.63, 3.8) is 0 Å². The first kappa shape index (κ1) is 14.9. The molecule has 1 unspecified atom stereocenters. The lowest BCUT2D eigenvalue weighted by Crippen LogP contribution is -2.11. The van der Waals surface area contributed by atoms with Gasteiger partial charge in [-0.3, -0.25) is 4.79 Å². The summed E-state index contributed by atoms with van der Waals surface area (Å²) in [5.41, 5.74) is 2.00. The molecule has 2 aromatic rings. The molecule has 6 heteroatoms. The van der Waals surface area contributed by atoms with Crippen LogP contribution in [0.3, 0.4) is 0 Å². The Bertz CT molecular complexity index is 682. The van der Waals surface area contributed by atoms with Crippen molar-refractivity contribution in [3.05, 3.63) is 22.7 Å². The fraction of sp³-hybridized carbons (Fsp3) is 0.467. The van der Waals surface area contributed by atoms with E-state index < -0.39 is 5.97 Å². The predicted molar refractivity (Wildman–Crippen MR) is 87.7 cm³/mol.